The summed E-state index contributed by atoms with van der Waals surface area (Å²) in [5, 5.41) is 7.84. The Bertz CT molecular complexity index is 583. The van der Waals surface area contributed by atoms with E-state index in [1.54, 1.807) is 31.5 Å². The Morgan fingerprint density at radius 1 is 1.29 bits per heavy atom. The number of nitrogens with zero attached hydrogens (tertiary/aromatic N) is 1. The highest BCUT2D eigenvalue weighted by molar-refractivity contribution is 5.92. The Morgan fingerprint density at radius 3 is 2.71 bits per heavy atom. The highest BCUT2D eigenvalue weighted by Gasteiger charge is 2.12. The molecular weight excluding hydrogens is 270 g/mol. The second kappa shape index (κ2) is 7.09. The van der Waals surface area contributed by atoms with Crippen molar-refractivity contribution in [2.45, 2.75) is 13.0 Å². The quantitative estimate of drug-likeness (QED) is 0.669. The fraction of sp³-hybridized carbons (Fsp3) is 0.214. The number of carbonyl (C=O) groups is 2. The van der Waals surface area contributed by atoms with Crippen LogP contribution in [-0.2, 0) is 4.79 Å². The number of hydrogen-bond acceptors (Lipinski definition) is 3. The van der Waals surface area contributed by atoms with Gasteiger partial charge < -0.3 is 20.9 Å². The molecule has 1 aromatic heterocycles. The second-order valence-electron chi connectivity index (χ2n) is 4.44. The molecule has 7 nitrogen and oxygen atoms in total. The predicted molar refractivity (Wildman–Crippen MR) is 78.6 cm³/mol. The van der Waals surface area contributed by atoms with Crippen LogP contribution in [0.25, 0.3) is 0 Å². The number of amides is 3. The van der Waals surface area contributed by atoms with E-state index in [1.807, 2.05) is 18.2 Å². The van der Waals surface area contributed by atoms with Gasteiger partial charge in [-0.2, -0.15) is 0 Å². The van der Waals surface area contributed by atoms with Crippen molar-refractivity contribution in [3.63, 3.8) is 0 Å². The number of para-hydroxylation sites is 1. The molecule has 1 heterocycles. The van der Waals surface area contributed by atoms with E-state index in [9.17, 15) is 9.59 Å². The van der Waals surface area contributed by atoms with Crippen LogP contribution in [0.3, 0.4) is 0 Å². The van der Waals surface area contributed by atoms with Gasteiger partial charge in [-0.25, -0.2) is 9.78 Å². The topological polar surface area (TPSA) is 98.9 Å². The zero-order valence-corrected chi connectivity index (χ0v) is 11.6. The van der Waals surface area contributed by atoms with Crippen molar-refractivity contribution < 1.29 is 9.59 Å². The number of imidazole rings is 1. The summed E-state index contributed by atoms with van der Waals surface area (Å²) in [4.78, 5) is 30.3. The molecule has 1 aromatic carbocycles. The fourth-order valence-corrected chi connectivity index (χ4v) is 1.73. The molecule has 21 heavy (non-hydrogen) atoms. The first-order valence-corrected chi connectivity index (χ1v) is 6.53. The number of urea groups is 1. The Balaban J connectivity index is 1.72. The summed E-state index contributed by atoms with van der Waals surface area (Å²) in [6.45, 7) is 1.70. The molecule has 110 valence electrons. The van der Waals surface area contributed by atoms with Crippen molar-refractivity contribution in [1.82, 2.24) is 20.6 Å². The lowest BCUT2D eigenvalue weighted by Crippen LogP contribution is -2.39. The highest BCUT2D eigenvalue weighted by atomic mass is 16.2. The minimum Gasteiger partial charge on any atom is -0.347 e. The summed E-state index contributed by atoms with van der Waals surface area (Å²) in [5.41, 5.74) is 0.666. The third kappa shape index (κ3) is 4.64. The normalized spacial score (nSPS) is 11.5. The van der Waals surface area contributed by atoms with E-state index >= 15 is 0 Å². The number of benzene rings is 1. The molecule has 3 amide bonds. The Kier molecular flexibility index (Phi) is 4.92. The van der Waals surface area contributed by atoms with Gasteiger partial charge in [-0.1, -0.05) is 18.2 Å². The lowest BCUT2D eigenvalue weighted by molar-refractivity contribution is -0.120. The van der Waals surface area contributed by atoms with Gasteiger partial charge in [-0.3, -0.25) is 4.79 Å². The predicted octanol–water partition coefficient (Wildman–Crippen LogP) is 1.41. The van der Waals surface area contributed by atoms with Crippen molar-refractivity contribution in [1.29, 1.82) is 0 Å². The van der Waals surface area contributed by atoms with Crippen LogP contribution in [0.2, 0.25) is 0 Å². The largest absolute Gasteiger partial charge is 0.347 e. The van der Waals surface area contributed by atoms with Gasteiger partial charge >= 0.3 is 6.03 Å². The van der Waals surface area contributed by atoms with Crippen LogP contribution in [0.15, 0.2) is 42.7 Å². The molecule has 0 aliphatic carbocycles. The van der Waals surface area contributed by atoms with Gasteiger partial charge in [0.1, 0.15) is 5.82 Å². The summed E-state index contributed by atoms with van der Waals surface area (Å²) >= 11 is 0. The third-order valence-corrected chi connectivity index (χ3v) is 2.75. The van der Waals surface area contributed by atoms with E-state index in [2.05, 4.69) is 25.9 Å². The maximum Gasteiger partial charge on any atom is 0.319 e. The van der Waals surface area contributed by atoms with Crippen LogP contribution >= 0.6 is 0 Å². The van der Waals surface area contributed by atoms with Gasteiger partial charge in [0.15, 0.2) is 0 Å². The van der Waals surface area contributed by atoms with Gasteiger partial charge in [0.25, 0.3) is 0 Å². The van der Waals surface area contributed by atoms with Crippen LogP contribution in [0.1, 0.15) is 18.8 Å². The van der Waals surface area contributed by atoms with E-state index in [-0.39, 0.29) is 18.5 Å². The molecule has 2 rings (SSSR count). The van der Waals surface area contributed by atoms with Crippen molar-refractivity contribution in [3.8, 4) is 0 Å². The van der Waals surface area contributed by atoms with Gasteiger partial charge in [-0.05, 0) is 19.1 Å². The van der Waals surface area contributed by atoms with Crippen LogP contribution in [0.5, 0.6) is 0 Å². The number of anilines is 1. The number of aromatic amines is 1. The highest BCUT2D eigenvalue weighted by Crippen LogP contribution is 2.05. The maximum atomic E-state index is 11.7. The van der Waals surface area contributed by atoms with E-state index in [4.69, 9.17) is 0 Å². The average molecular weight is 287 g/mol. The summed E-state index contributed by atoms with van der Waals surface area (Å²) < 4.78 is 0. The van der Waals surface area contributed by atoms with Crippen molar-refractivity contribution >= 4 is 17.6 Å². The lowest BCUT2D eigenvalue weighted by Gasteiger charge is -2.12. The Labute approximate surface area is 122 Å². The molecule has 2 aromatic rings. The molecule has 1 atom stereocenters. The van der Waals surface area contributed by atoms with E-state index in [1.165, 1.54) is 0 Å². The number of nitrogens with one attached hydrogen (secondary N) is 4. The molecular formula is C14H17N5O2. The molecule has 0 aliphatic rings. The summed E-state index contributed by atoms with van der Waals surface area (Å²) in [6, 6.07) is 8.33. The molecule has 4 N–H and O–H groups in total. The summed E-state index contributed by atoms with van der Waals surface area (Å²) in [6.07, 6.45) is 3.30. The van der Waals surface area contributed by atoms with Gasteiger partial charge in [-0.15, -0.1) is 0 Å². The molecule has 1 unspecified atom stereocenters. The van der Waals surface area contributed by atoms with Crippen molar-refractivity contribution in [2.24, 2.45) is 0 Å². The first-order valence-electron chi connectivity index (χ1n) is 6.53. The number of hydrogen-bond donors (Lipinski definition) is 4. The van der Waals surface area contributed by atoms with Crippen LogP contribution < -0.4 is 16.0 Å². The SMILES string of the molecule is CC(NC(=O)CNC(=O)Nc1ccccc1)c1ncc[nH]1. The third-order valence-electron chi connectivity index (χ3n) is 2.75. The molecule has 0 radical (unpaired) electrons. The summed E-state index contributed by atoms with van der Waals surface area (Å²) in [5.74, 6) is 0.374. The van der Waals surface area contributed by atoms with Gasteiger partial charge in [0, 0.05) is 18.1 Å². The maximum absolute atomic E-state index is 11.7. The number of carbonyl (C=O) groups excluding carboxylic acids is 2. The molecule has 0 saturated heterocycles. The van der Waals surface area contributed by atoms with Crippen LogP contribution in [0.4, 0.5) is 10.5 Å². The number of H-pyrrole nitrogens is 1. The van der Waals surface area contributed by atoms with Gasteiger partial charge in [0.2, 0.25) is 5.91 Å². The average Bonchev–Trinajstić information content (AvgIpc) is 3.00. The second-order valence-corrected chi connectivity index (χ2v) is 4.44. The zero-order valence-electron chi connectivity index (χ0n) is 11.6. The van der Waals surface area contributed by atoms with E-state index < -0.39 is 6.03 Å². The number of rotatable bonds is 5. The smallest absolute Gasteiger partial charge is 0.319 e. The van der Waals surface area contributed by atoms with Crippen LogP contribution in [0, 0.1) is 0 Å². The number of aromatic nitrogens is 2. The van der Waals surface area contributed by atoms with E-state index in [0.717, 1.165) is 0 Å². The Hall–Kier alpha value is -2.83. The van der Waals surface area contributed by atoms with Crippen molar-refractivity contribution in [2.75, 3.05) is 11.9 Å². The minimum absolute atomic E-state index is 0.107. The summed E-state index contributed by atoms with van der Waals surface area (Å²) in [7, 11) is 0. The van der Waals surface area contributed by atoms with E-state index in [0.29, 0.717) is 11.5 Å². The minimum atomic E-state index is -0.429. The molecule has 0 saturated carbocycles. The standard InChI is InChI=1S/C14H17N5O2/c1-10(13-15-7-8-16-13)18-12(20)9-17-14(21)19-11-5-3-2-4-6-11/h2-8,10H,9H2,1H3,(H,15,16)(H,18,20)(H2,17,19,21). The first-order chi connectivity index (χ1) is 10.1. The fourth-order valence-electron chi connectivity index (χ4n) is 1.73. The molecule has 0 spiro atoms. The Morgan fingerprint density at radius 2 is 2.05 bits per heavy atom. The zero-order chi connectivity index (χ0) is 15.1. The molecule has 0 fully saturated rings. The van der Waals surface area contributed by atoms with Crippen molar-refractivity contribution in [3.05, 3.63) is 48.5 Å². The monoisotopic (exact) mass is 287 g/mol. The lowest BCUT2D eigenvalue weighted by atomic mass is 10.3. The molecule has 0 bridgehead atoms. The molecule has 7 heteroatoms. The molecule has 0 aliphatic heterocycles. The van der Waals surface area contributed by atoms with Gasteiger partial charge in [0.05, 0.1) is 12.6 Å². The first kappa shape index (κ1) is 14.6. The van der Waals surface area contributed by atoms with Crippen LogP contribution in [-0.4, -0.2) is 28.5 Å².